The van der Waals surface area contributed by atoms with Crippen molar-refractivity contribution in [3.05, 3.63) is 35.4 Å². The number of ether oxygens (including phenoxy) is 1. The van der Waals surface area contributed by atoms with Gasteiger partial charge >= 0.3 is 5.97 Å². The first-order chi connectivity index (χ1) is 13.3. The number of unbranched alkanes of at least 4 members (excludes halogenated alkanes) is 13. The van der Waals surface area contributed by atoms with Gasteiger partial charge in [-0.3, -0.25) is 0 Å². The molecule has 0 aliphatic carbocycles. The highest BCUT2D eigenvalue weighted by atomic mass is 16.5. The second kappa shape index (κ2) is 16.4. The first-order valence-electron chi connectivity index (χ1n) is 10.9. The predicted octanol–water partition coefficient (Wildman–Crippen LogP) is 7.20. The molecular formula is C24H37NO2. The molecule has 0 heterocycles. The number of nitriles is 1. The maximum absolute atomic E-state index is 11.9. The van der Waals surface area contributed by atoms with E-state index in [2.05, 4.69) is 6.92 Å². The molecule has 0 aromatic heterocycles. The highest BCUT2D eigenvalue weighted by Crippen LogP contribution is 2.13. The zero-order valence-corrected chi connectivity index (χ0v) is 17.2. The van der Waals surface area contributed by atoms with E-state index in [1.165, 1.54) is 77.0 Å². The van der Waals surface area contributed by atoms with Crippen LogP contribution in [0.15, 0.2) is 24.3 Å². The summed E-state index contributed by atoms with van der Waals surface area (Å²) in [5.74, 6) is -0.297. The molecule has 0 amide bonds. The SMILES string of the molecule is CCCCCCCCCCCCCCCCOC(=O)c1ccc(C#N)cc1. The van der Waals surface area contributed by atoms with Crippen LogP contribution in [0.5, 0.6) is 0 Å². The van der Waals surface area contributed by atoms with Crippen LogP contribution >= 0.6 is 0 Å². The summed E-state index contributed by atoms with van der Waals surface area (Å²) < 4.78 is 5.29. The maximum atomic E-state index is 11.9. The lowest BCUT2D eigenvalue weighted by atomic mass is 10.0. The highest BCUT2D eigenvalue weighted by molar-refractivity contribution is 5.89. The van der Waals surface area contributed by atoms with E-state index in [0.29, 0.717) is 17.7 Å². The van der Waals surface area contributed by atoms with Crippen molar-refractivity contribution in [2.45, 2.75) is 96.8 Å². The molecule has 0 saturated heterocycles. The zero-order chi connectivity index (χ0) is 19.6. The number of carbonyl (C=O) groups excluding carboxylic acids is 1. The Morgan fingerprint density at radius 1 is 0.778 bits per heavy atom. The van der Waals surface area contributed by atoms with Gasteiger partial charge in [0.1, 0.15) is 0 Å². The molecule has 0 N–H and O–H groups in total. The smallest absolute Gasteiger partial charge is 0.338 e. The molecule has 150 valence electrons. The van der Waals surface area contributed by atoms with Crippen molar-refractivity contribution >= 4 is 5.97 Å². The lowest BCUT2D eigenvalue weighted by Crippen LogP contribution is -2.06. The third-order valence-electron chi connectivity index (χ3n) is 4.98. The topological polar surface area (TPSA) is 50.1 Å². The molecule has 3 heteroatoms. The number of benzene rings is 1. The molecule has 0 unspecified atom stereocenters. The Hall–Kier alpha value is -1.82. The van der Waals surface area contributed by atoms with Crippen LogP contribution in [-0.4, -0.2) is 12.6 Å². The molecule has 0 spiro atoms. The van der Waals surface area contributed by atoms with Crippen LogP contribution in [0.3, 0.4) is 0 Å². The number of hydrogen-bond acceptors (Lipinski definition) is 3. The van der Waals surface area contributed by atoms with Gasteiger partial charge in [-0.15, -0.1) is 0 Å². The molecule has 0 fully saturated rings. The Kier molecular flexibility index (Phi) is 14.1. The number of rotatable bonds is 16. The number of carbonyl (C=O) groups is 1. The van der Waals surface area contributed by atoms with Crippen molar-refractivity contribution in [2.24, 2.45) is 0 Å². The normalized spacial score (nSPS) is 10.5. The van der Waals surface area contributed by atoms with Gasteiger partial charge < -0.3 is 4.74 Å². The summed E-state index contributed by atoms with van der Waals surface area (Å²) in [6.45, 7) is 2.75. The second-order valence-corrected chi connectivity index (χ2v) is 7.42. The van der Waals surface area contributed by atoms with Crippen molar-refractivity contribution in [1.29, 1.82) is 5.26 Å². The second-order valence-electron chi connectivity index (χ2n) is 7.42. The summed E-state index contributed by atoms with van der Waals surface area (Å²) in [7, 11) is 0. The van der Waals surface area contributed by atoms with Gasteiger partial charge in [-0.2, -0.15) is 5.26 Å². The number of nitrogens with zero attached hydrogens (tertiary/aromatic N) is 1. The first kappa shape index (κ1) is 23.2. The summed E-state index contributed by atoms with van der Waals surface area (Å²) in [5.41, 5.74) is 1.07. The van der Waals surface area contributed by atoms with Crippen molar-refractivity contribution in [3.8, 4) is 6.07 Å². The molecule has 1 aromatic rings. The Balaban J connectivity index is 1.86. The van der Waals surface area contributed by atoms with Crippen LogP contribution in [0.1, 0.15) is 113 Å². The van der Waals surface area contributed by atoms with Crippen LogP contribution < -0.4 is 0 Å². The maximum Gasteiger partial charge on any atom is 0.338 e. The highest BCUT2D eigenvalue weighted by Gasteiger charge is 2.06. The third kappa shape index (κ3) is 12.2. The van der Waals surface area contributed by atoms with Gasteiger partial charge in [-0.25, -0.2) is 4.79 Å². The van der Waals surface area contributed by atoms with Gasteiger partial charge in [-0.1, -0.05) is 90.4 Å². The van der Waals surface area contributed by atoms with E-state index in [0.717, 1.165) is 12.8 Å². The molecule has 0 atom stereocenters. The van der Waals surface area contributed by atoms with Crippen molar-refractivity contribution < 1.29 is 9.53 Å². The van der Waals surface area contributed by atoms with E-state index in [1.54, 1.807) is 24.3 Å². The molecule has 0 radical (unpaired) electrons. The summed E-state index contributed by atoms with van der Waals surface area (Å²) in [5, 5.41) is 8.75. The van der Waals surface area contributed by atoms with Crippen molar-refractivity contribution in [3.63, 3.8) is 0 Å². The van der Waals surface area contributed by atoms with E-state index < -0.39 is 0 Å². The minimum Gasteiger partial charge on any atom is -0.462 e. The molecule has 1 aromatic carbocycles. The summed E-state index contributed by atoms with van der Waals surface area (Å²) in [4.78, 5) is 11.9. The van der Waals surface area contributed by atoms with Crippen LogP contribution in [0.25, 0.3) is 0 Å². The van der Waals surface area contributed by atoms with Crippen LogP contribution in [0, 0.1) is 11.3 Å². The van der Waals surface area contributed by atoms with E-state index in [1.807, 2.05) is 6.07 Å². The van der Waals surface area contributed by atoms with Crippen LogP contribution in [-0.2, 0) is 4.74 Å². The van der Waals surface area contributed by atoms with Gasteiger partial charge in [0.25, 0.3) is 0 Å². The summed E-state index contributed by atoms with van der Waals surface area (Å²) >= 11 is 0. The zero-order valence-electron chi connectivity index (χ0n) is 17.2. The Bertz CT molecular complexity index is 530. The molecule has 0 bridgehead atoms. The predicted molar refractivity (Wildman–Crippen MR) is 112 cm³/mol. The molecule has 0 saturated carbocycles. The van der Waals surface area contributed by atoms with E-state index in [-0.39, 0.29) is 5.97 Å². The molecule has 27 heavy (non-hydrogen) atoms. The Morgan fingerprint density at radius 3 is 1.67 bits per heavy atom. The molecule has 3 nitrogen and oxygen atoms in total. The van der Waals surface area contributed by atoms with Gasteiger partial charge in [0, 0.05) is 0 Å². The molecular weight excluding hydrogens is 334 g/mol. The number of hydrogen-bond donors (Lipinski definition) is 0. The van der Waals surface area contributed by atoms with E-state index in [9.17, 15) is 4.79 Å². The standard InChI is InChI=1S/C24H37NO2/c1-2-3-4-5-6-7-8-9-10-11-12-13-14-15-20-27-24(26)23-18-16-22(21-25)17-19-23/h16-19H,2-15,20H2,1H3. The molecule has 0 aliphatic rings. The van der Waals surface area contributed by atoms with Gasteiger partial charge in [0.05, 0.1) is 23.8 Å². The largest absolute Gasteiger partial charge is 0.462 e. The monoisotopic (exact) mass is 371 g/mol. The summed E-state index contributed by atoms with van der Waals surface area (Å²) in [6, 6.07) is 8.61. The molecule has 0 aliphatic heterocycles. The third-order valence-corrected chi connectivity index (χ3v) is 4.98. The fourth-order valence-corrected chi connectivity index (χ4v) is 3.23. The average molecular weight is 372 g/mol. The first-order valence-corrected chi connectivity index (χ1v) is 10.9. The minimum atomic E-state index is -0.297. The van der Waals surface area contributed by atoms with Crippen molar-refractivity contribution in [2.75, 3.05) is 6.61 Å². The fourth-order valence-electron chi connectivity index (χ4n) is 3.23. The number of esters is 1. The van der Waals surface area contributed by atoms with E-state index >= 15 is 0 Å². The van der Waals surface area contributed by atoms with Gasteiger partial charge in [-0.05, 0) is 30.7 Å². The Morgan fingerprint density at radius 2 is 1.22 bits per heavy atom. The lowest BCUT2D eigenvalue weighted by Gasteiger charge is -2.05. The quantitative estimate of drug-likeness (QED) is 0.228. The van der Waals surface area contributed by atoms with Gasteiger partial charge in [0.15, 0.2) is 0 Å². The van der Waals surface area contributed by atoms with Crippen LogP contribution in [0.4, 0.5) is 0 Å². The lowest BCUT2D eigenvalue weighted by molar-refractivity contribution is 0.0497. The van der Waals surface area contributed by atoms with Gasteiger partial charge in [0.2, 0.25) is 0 Å². The van der Waals surface area contributed by atoms with Crippen LogP contribution in [0.2, 0.25) is 0 Å². The molecule has 1 rings (SSSR count). The fraction of sp³-hybridized carbons (Fsp3) is 0.667. The minimum absolute atomic E-state index is 0.297. The van der Waals surface area contributed by atoms with Crippen molar-refractivity contribution in [1.82, 2.24) is 0 Å². The average Bonchev–Trinajstić information content (AvgIpc) is 2.70. The Labute approximate surface area is 166 Å². The summed E-state index contributed by atoms with van der Waals surface area (Å²) in [6.07, 6.45) is 18.5. The van der Waals surface area contributed by atoms with E-state index in [4.69, 9.17) is 10.00 Å².